The highest BCUT2D eigenvalue weighted by atomic mass is 19.1. The molecule has 2 nitrogen and oxygen atoms in total. The molecule has 0 unspecified atom stereocenters. The molecule has 0 saturated carbocycles. The highest BCUT2D eigenvalue weighted by molar-refractivity contribution is 6.08. The standard InChI is InChI=1S/C22H17FO2/c23-19-13-10-17(11-14-19)12-15-21(24)20-8-4-5-9-22(20)25-16-18-6-2-1-3-7-18/h1-15H,16H2/b15-12+. The first kappa shape index (κ1) is 16.7. The number of ketones is 1. The smallest absolute Gasteiger partial charge is 0.189 e. The SMILES string of the molecule is O=C(/C=C/c1ccc(F)cc1)c1ccccc1OCc1ccccc1. The van der Waals surface area contributed by atoms with E-state index in [1.807, 2.05) is 36.4 Å². The first-order valence-electron chi connectivity index (χ1n) is 7.96. The van der Waals surface area contributed by atoms with Crippen molar-refractivity contribution in [1.82, 2.24) is 0 Å². The number of ether oxygens (including phenoxy) is 1. The molecule has 0 aromatic heterocycles. The molecule has 0 radical (unpaired) electrons. The van der Waals surface area contributed by atoms with Gasteiger partial charge in [-0.2, -0.15) is 0 Å². The minimum atomic E-state index is -0.303. The summed E-state index contributed by atoms with van der Waals surface area (Å²) in [5.41, 5.74) is 2.29. The molecule has 0 amide bonds. The van der Waals surface area contributed by atoms with E-state index in [9.17, 15) is 9.18 Å². The summed E-state index contributed by atoms with van der Waals surface area (Å²) in [6, 6.07) is 22.9. The van der Waals surface area contributed by atoms with E-state index >= 15 is 0 Å². The van der Waals surface area contributed by atoms with E-state index in [4.69, 9.17) is 4.74 Å². The molecule has 0 bridgehead atoms. The molecule has 0 atom stereocenters. The van der Waals surface area contributed by atoms with Crippen molar-refractivity contribution < 1.29 is 13.9 Å². The van der Waals surface area contributed by atoms with Gasteiger partial charge < -0.3 is 4.74 Å². The Bertz CT molecular complexity index is 868. The Labute approximate surface area is 146 Å². The number of carbonyl (C=O) groups is 1. The van der Waals surface area contributed by atoms with Crippen LogP contribution in [-0.2, 0) is 6.61 Å². The van der Waals surface area contributed by atoms with Crippen LogP contribution in [-0.4, -0.2) is 5.78 Å². The highest BCUT2D eigenvalue weighted by Crippen LogP contribution is 2.21. The van der Waals surface area contributed by atoms with Crippen molar-refractivity contribution in [3.8, 4) is 5.75 Å². The molecule has 3 rings (SSSR count). The van der Waals surface area contributed by atoms with Gasteiger partial charge in [-0.3, -0.25) is 4.79 Å². The predicted octanol–water partition coefficient (Wildman–Crippen LogP) is 5.30. The summed E-state index contributed by atoms with van der Waals surface area (Å²) in [5.74, 6) is 0.0798. The zero-order valence-electron chi connectivity index (χ0n) is 13.6. The number of benzene rings is 3. The second kappa shape index (κ2) is 8.06. The van der Waals surface area contributed by atoms with E-state index in [0.29, 0.717) is 17.9 Å². The fraction of sp³-hybridized carbons (Fsp3) is 0.0455. The van der Waals surface area contributed by atoms with E-state index < -0.39 is 0 Å². The lowest BCUT2D eigenvalue weighted by Gasteiger charge is -2.09. The summed E-state index contributed by atoms with van der Waals surface area (Å²) in [7, 11) is 0. The zero-order chi connectivity index (χ0) is 17.5. The van der Waals surface area contributed by atoms with Gasteiger partial charge in [0.25, 0.3) is 0 Å². The number of hydrogen-bond acceptors (Lipinski definition) is 2. The lowest BCUT2D eigenvalue weighted by molar-refractivity contribution is 0.104. The Kier molecular flexibility index (Phi) is 5.37. The van der Waals surface area contributed by atoms with Crippen LogP contribution in [0.1, 0.15) is 21.5 Å². The van der Waals surface area contributed by atoms with Crippen LogP contribution in [0, 0.1) is 5.82 Å². The molecule has 0 spiro atoms. The maximum atomic E-state index is 12.9. The molecule has 0 aliphatic heterocycles. The van der Waals surface area contributed by atoms with Gasteiger partial charge in [0.05, 0.1) is 5.56 Å². The second-order valence-electron chi connectivity index (χ2n) is 5.52. The van der Waals surface area contributed by atoms with Crippen molar-refractivity contribution in [2.24, 2.45) is 0 Å². The van der Waals surface area contributed by atoms with Crippen LogP contribution >= 0.6 is 0 Å². The number of rotatable bonds is 6. The van der Waals surface area contributed by atoms with Crippen molar-refractivity contribution in [2.75, 3.05) is 0 Å². The number of carbonyl (C=O) groups excluding carboxylic acids is 1. The number of hydrogen-bond donors (Lipinski definition) is 0. The molecule has 124 valence electrons. The Balaban J connectivity index is 1.73. The van der Waals surface area contributed by atoms with Gasteiger partial charge in [0, 0.05) is 0 Å². The monoisotopic (exact) mass is 332 g/mol. The number of halogens is 1. The van der Waals surface area contributed by atoms with Crippen LogP contribution in [0.5, 0.6) is 5.75 Å². The normalized spacial score (nSPS) is 10.8. The third-order valence-electron chi connectivity index (χ3n) is 3.69. The van der Waals surface area contributed by atoms with Crippen molar-refractivity contribution >= 4 is 11.9 Å². The van der Waals surface area contributed by atoms with Gasteiger partial charge in [0.15, 0.2) is 5.78 Å². The lowest BCUT2D eigenvalue weighted by atomic mass is 10.1. The summed E-state index contributed by atoms with van der Waals surface area (Å²) in [6.45, 7) is 0.396. The molecular weight excluding hydrogens is 315 g/mol. The second-order valence-corrected chi connectivity index (χ2v) is 5.52. The van der Waals surface area contributed by atoms with E-state index in [2.05, 4.69) is 0 Å². The van der Waals surface area contributed by atoms with Gasteiger partial charge in [0.2, 0.25) is 0 Å². The topological polar surface area (TPSA) is 26.3 Å². The Morgan fingerprint density at radius 3 is 2.32 bits per heavy atom. The number of para-hydroxylation sites is 1. The van der Waals surface area contributed by atoms with Crippen LogP contribution in [0.4, 0.5) is 4.39 Å². The molecule has 25 heavy (non-hydrogen) atoms. The summed E-state index contributed by atoms with van der Waals surface area (Å²) in [6.07, 6.45) is 3.13. The first-order valence-corrected chi connectivity index (χ1v) is 7.96. The van der Waals surface area contributed by atoms with Crippen LogP contribution < -0.4 is 4.74 Å². The summed E-state index contributed by atoms with van der Waals surface area (Å²) < 4.78 is 18.7. The Hall–Kier alpha value is -3.20. The van der Waals surface area contributed by atoms with E-state index in [0.717, 1.165) is 11.1 Å². The van der Waals surface area contributed by atoms with Crippen LogP contribution in [0.15, 0.2) is 84.9 Å². The van der Waals surface area contributed by atoms with Gasteiger partial charge >= 0.3 is 0 Å². The van der Waals surface area contributed by atoms with Crippen LogP contribution in [0.25, 0.3) is 6.08 Å². The van der Waals surface area contributed by atoms with Gasteiger partial charge in [0.1, 0.15) is 18.2 Å². The molecule has 3 heteroatoms. The minimum absolute atomic E-state index is 0.159. The first-order chi connectivity index (χ1) is 12.2. The van der Waals surface area contributed by atoms with Gasteiger partial charge in [-0.15, -0.1) is 0 Å². The lowest BCUT2D eigenvalue weighted by Crippen LogP contribution is -2.02. The molecule has 0 N–H and O–H groups in total. The fourth-order valence-electron chi connectivity index (χ4n) is 2.37. The van der Waals surface area contributed by atoms with Gasteiger partial charge in [-0.25, -0.2) is 4.39 Å². The Morgan fingerprint density at radius 1 is 0.880 bits per heavy atom. The molecule has 0 fully saturated rings. The molecule has 0 heterocycles. The third-order valence-corrected chi connectivity index (χ3v) is 3.69. The average Bonchev–Trinajstić information content (AvgIpc) is 2.67. The predicted molar refractivity (Wildman–Crippen MR) is 97.0 cm³/mol. The molecule has 3 aromatic carbocycles. The molecule has 0 aliphatic rings. The maximum absolute atomic E-state index is 12.9. The molecule has 3 aromatic rings. The van der Waals surface area contributed by atoms with E-state index in [-0.39, 0.29) is 11.6 Å². The molecule has 0 aliphatic carbocycles. The van der Waals surface area contributed by atoms with Crippen molar-refractivity contribution in [1.29, 1.82) is 0 Å². The van der Waals surface area contributed by atoms with Crippen LogP contribution in [0.3, 0.4) is 0 Å². The summed E-state index contributed by atoms with van der Waals surface area (Å²) >= 11 is 0. The molecule has 0 saturated heterocycles. The van der Waals surface area contributed by atoms with E-state index in [1.54, 1.807) is 36.4 Å². The quantitative estimate of drug-likeness (QED) is 0.452. The average molecular weight is 332 g/mol. The van der Waals surface area contributed by atoms with Crippen molar-refractivity contribution in [3.63, 3.8) is 0 Å². The third kappa shape index (κ3) is 4.64. The fourth-order valence-corrected chi connectivity index (χ4v) is 2.37. The molecular formula is C22H17FO2. The van der Waals surface area contributed by atoms with Gasteiger partial charge in [-0.1, -0.05) is 60.7 Å². The maximum Gasteiger partial charge on any atom is 0.189 e. The Morgan fingerprint density at radius 2 is 1.56 bits per heavy atom. The van der Waals surface area contributed by atoms with Crippen molar-refractivity contribution in [3.05, 3.63) is 107 Å². The highest BCUT2D eigenvalue weighted by Gasteiger charge is 2.09. The zero-order valence-corrected chi connectivity index (χ0v) is 13.6. The van der Waals surface area contributed by atoms with E-state index in [1.165, 1.54) is 18.2 Å². The number of allylic oxidation sites excluding steroid dienone is 1. The largest absolute Gasteiger partial charge is 0.488 e. The van der Waals surface area contributed by atoms with Gasteiger partial charge in [-0.05, 0) is 41.5 Å². The van der Waals surface area contributed by atoms with Crippen molar-refractivity contribution in [2.45, 2.75) is 6.61 Å². The van der Waals surface area contributed by atoms with Crippen LogP contribution in [0.2, 0.25) is 0 Å². The summed E-state index contributed by atoms with van der Waals surface area (Å²) in [4.78, 5) is 12.5. The summed E-state index contributed by atoms with van der Waals surface area (Å²) in [5, 5.41) is 0. The minimum Gasteiger partial charge on any atom is -0.488 e.